The van der Waals surface area contributed by atoms with Crippen molar-refractivity contribution in [1.82, 2.24) is 10.3 Å². The lowest BCUT2D eigenvalue weighted by molar-refractivity contribution is 0.203. The summed E-state index contributed by atoms with van der Waals surface area (Å²) in [7, 11) is 1.75. The zero-order valence-corrected chi connectivity index (χ0v) is 13.6. The Bertz CT molecular complexity index is 393. The van der Waals surface area contributed by atoms with Crippen LogP contribution < -0.4 is 10.2 Å². The van der Waals surface area contributed by atoms with Gasteiger partial charge in [0.25, 0.3) is 0 Å². The molecular formula is C16H29N3O. The maximum absolute atomic E-state index is 5.24. The van der Waals surface area contributed by atoms with Crippen LogP contribution in [0.5, 0.6) is 0 Å². The van der Waals surface area contributed by atoms with Crippen LogP contribution in [0.2, 0.25) is 0 Å². The van der Waals surface area contributed by atoms with Crippen LogP contribution in [-0.2, 0) is 11.3 Å². The lowest BCUT2D eigenvalue weighted by Gasteiger charge is -2.31. The lowest BCUT2D eigenvalue weighted by atomic mass is 10.1. The number of rotatable bonds is 9. The summed E-state index contributed by atoms with van der Waals surface area (Å²) in [5.41, 5.74) is 3.59. The van der Waals surface area contributed by atoms with Gasteiger partial charge >= 0.3 is 0 Å². The zero-order chi connectivity index (χ0) is 15.0. The van der Waals surface area contributed by atoms with Gasteiger partial charge in [-0.3, -0.25) is 4.98 Å². The first-order valence-corrected chi connectivity index (χ1v) is 7.52. The Labute approximate surface area is 123 Å². The maximum Gasteiger partial charge on any atom is 0.0637 e. The molecule has 1 heterocycles. The average Bonchev–Trinajstić information content (AvgIpc) is 2.41. The molecule has 0 fully saturated rings. The highest BCUT2D eigenvalue weighted by molar-refractivity contribution is 5.54. The van der Waals surface area contributed by atoms with Gasteiger partial charge in [0, 0.05) is 49.4 Å². The van der Waals surface area contributed by atoms with E-state index in [1.54, 1.807) is 7.11 Å². The van der Waals surface area contributed by atoms with Gasteiger partial charge in [-0.05, 0) is 39.8 Å². The van der Waals surface area contributed by atoms with Crippen molar-refractivity contribution in [3.8, 4) is 0 Å². The van der Waals surface area contributed by atoms with Gasteiger partial charge in [-0.2, -0.15) is 0 Å². The highest BCUT2D eigenvalue weighted by Gasteiger charge is 2.15. The minimum Gasteiger partial charge on any atom is -0.383 e. The molecular weight excluding hydrogens is 250 g/mol. The molecule has 1 N–H and O–H groups in total. The lowest BCUT2D eigenvalue weighted by Crippen LogP contribution is -2.35. The number of ether oxygens (including phenoxy) is 1. The van der Waals surface area contributed by atoms with Gasteiger partial charge in [-0.15, -0.1) is 0 Å². The second-order valence-corrected chi connectivity index (χ2v) is 5.41. The fourth-order valence-electron chi connectivity index (χ4n) is 2.22. The summed E-state index contributed by atoms with van der Waals surface area (Å²) in [5, 5.41) is 3.46. The van der Waals surface area contributed by atoms with E-state index in [-0.39, 0.29) is 0 Å². The molecule has 4 nitrogen and oxygen atoms in total. The number of hydrogen-bond acceptors (Lipinski definition) is 4. The molecule has 0 atom stereocenters. The van der Waals surface area contributed by atoms with E-state index in [2.05, 4.69) is 42.0 Å². The van der Waals surface area contributed by atoms with Crippen LogP contribution in [0, 0.1) is 6.92 Å². The Morgan fingerprint density at radius 1 is 1.40 bits per heavy atom. The van der Waals surface area contributed by atoms with Crippen LogP contribution in [0.1, 0.15) is 38.4 Å². The summed E-state index contributed by atoms with van der Waals surface area (Å²) in [4.78, 5) is 6.83. The molecule has 20 heavy (non-hydrogen) atoms. The van der Waals surface area contributed by atoms with E-state index in [1.165, 1.54) is 11.3 Å². The molecule has 1 rings (SSSR count). The second kappa shape index (κ2) is 8.93. The molecule has 0 unspecified atom stereocenters. The molecule has 0 radical (unpaired) electrons. The smallest absolute Gasteiger partial charge is 0.0637 e. The average molecular weight is 279 g/mol. The number of anilines is 1. The van der Waals surface area contributed by atoms with Crippen molar-refractivity contribution >= 4 is 5.69 Å². The summed E-state index contributed by atoms with van der Waals surface area (Å²) in [6, 6.07) is 2.62. The molecule has 0 aliphatic heterocycles. The van der Waals surface area contributed by atoms with Gasteiger partial charge in [-0.1, -0.05) is 6.92 Å². The minimum absolute atomic E-state index is 0.442. The predicted molar refractivity (Wildman–Crippen MR) is 85.3 cm³/mol. The quantitative estimate of drug-likeness (QED) is 0.705. The molecule has 0 aliphatic carbocycles. The van der Waals surface area contributed by atoms with Crippen molar-refractivity contribution in [2.45, 2.75) is 46.7 Å². The monoisotopic (exact) mass is 279 g/mol. The molecule has 0 saturated carbocycles. The van der Waals surface area contributed by atoms with E-state index in [9.17, 15) is 0 Å². The number of nitrogens with zero attached hydrogens (tertiary/aromatic N) is 2. The van der Waals surface area contributed by atoms with Crippen LogP contribution in [-0.4, -0.2) is 37.8 Å². The molecule has 0 aliphatic rings. The van der Waals surface area contributed by atoms with E-state index >= 15 is 0 Å². The van der Waals surface area contributed by atoms with Crippen LogP contribution in [0.15, 0.2) is 12.3 Å². The fourth-order valence-corrected chi connectivity index (χ4v) is 2.22. The van der Waals surface area contributed by atoms with Crippen LogP contribution in [0.3, 0.4) is 0 Å². The molecule has 4 heteroatoms. The van der Waals surface area contributed by atoms with Crippen molar-refractivity contribution < 1.29 is 4.74 Å². The van der Waals surface area contributed by atoms with E-state index < -0.39 is 0 Å². The number of aromatic nitrogens is 1. The molecule has 0 spiro atoms. The predicted octanol–water partition coefficient (Wildman–Crippen LogP) is 2.75. The van der Waals surface area contributed by atoms with Gasteiger partial charge in [-0.25, -0.2) is 0 Å². The van der Waals surface area contributed by atoms with Crippen LogP contribution in [0.4, 0.5) is 5.69 Å². The second-order valence-electron chi connectivity index (χ2n) is 5.41. The summed E-state index contributed by atoms with van der Waals surface area (Å²) in [6.45, 7) is 12.2. The van der Waals surface area contributed by atoms with Crippen LogP contribution >= 0.6 is 0 Å². The number of nitrogens with one attached hydrogen (secondary N) is 1. The zero-order valence-electron chi connectivity index (χ0n) is 13.6. The summed E-state index contributed by atoms with van der Waals surface area (Å²) in [5.74, 6) is 0. The normalized spacial score (nSPS) is 11.1. The van der Waals surface area contributed by atoms with Gasteiger partial charge in [0.05, 0.1) is 6.61 Å². The number of pyridine rings is 1. The Balaban J connectivity index is 2.94. The highest BCUT2D eigenvalue weighted by atomic mass is 16.5. The Hall–Kier alpha value is -1.13. The number of aryl methyl sites for hydroxylation is 1. The van der Waals surface area contributed by atoms with Crippen LogP contribution in [0.25, 0.3) is 0 Å². The molecule has 114 valence electrons. The molecule has 0 amide bonds. The standard InChI is InChI=1S/C16H29N3O/c1-6-7-17-11-15-12-18-14(4)10-16(15)19(13(2)3)8-9-20-5/h10,12-13,17H,6-9,11H2,1-5H3. The van der Waals surface area contributed by atoms with Crippen molar-refractivity contribution in [2.75, 3.05) is 31.7 Å². The van der Waals surface area contributed by atoms with Gasteiger partial charge in [0.2, 0.25) is 0 Å². The molecule has 1 aromatic heterocycles. The molecule has 0 bridgehead atoms. The Morgan fingerprint density at radius 2 is 2.15 bits per heavy atom. The van der Waals surface area contributed by atoms with Gasteiger partial charge < -0.3 is 15.0 Å². The fraction of sp³-hybridized carbons (Fsp3) is 0.688. The summed E-state index contributed by atoms with van der Waals surface area (Å²) < 4.78 is 5.24. The maximum atomic E-state index is 5.24. The van der Waals surface area contributed by atoms with Crippen molar-refractivity contribution in [1.29, 1.82) is 0 Å². The first-order chi connectivity index (χ1) is 9.60. The molecule has 0 aromatic carbocycles. The van der Waals surface area contributed by atoms with Crippen molar-refractivity contribution in [3.63, 3.8) is 0 Å². The third-order valence-electron chi connectivity index (χ3n) is 3.31. The third kappa shape index (κ3) is 5.10. The SMILES string of the molecule is CCCNCc1cnc(C)cc1N(CCOC)C(C)C. The number of hydrogen-bond donors (Lipinski definition) is 1. The van der Waals surface area contributed by atoms with E-state index in [0.29, 0.717) is 6.04 Å². The Kier molecular flexibility index (Phi) is 7.55. The van der Waals surface area contributed by atoms with Crippen molar-refractivity contribution in [3.05, 3.63) is 23.5 Å². The van der Waals surface area contributed by atoms with Gasteiger partial charge in [0.15, 0.2) is 0 Å². The topological polar surface area (TPSA) is 37.4 Å². The largest absolute Gasteiger partial charge is 0.383 e. The van der Waals surface area contributed by atoms with E-state index in [1.807, 2.05) is 13.1 Å². The summed E-state index contributed by atoms with van der Waals surface area (Å²) in [6.07, 6.45) is 3.14. The van der Waals surface area contributed by atoms with Gasteiger partial charge in [0.1, 0.15) is 0 Å². The minimum atomic E-state index is 0.442. The molecule has 0 saturated heterocycles. The van der Waals surface area contributed by atoms with E-state index in [0.717, 1.165) is 38.4 Å². The highest BCUT2D eigenvalue weighted by Crippen LogP contribution is 2.23. The van der Waals surface area contributed by atoms with E-state index in [4.69, 9.17) is 4.74 Å². The first-order valence-electron chi connectivity index (χ1n) is 7.52. The Morgan fingerprint density at radius 3 is 2.75 bits per heavy atom. The summed E-state index contributed by atoms with van der Waals surface area (Å²) >= 11 is 0. The van der Waals surface area contributed by atoms with Crippen molar-refractivity contribution in [2.24, 2.45) is 0 Å². The third-order valence-corrected chi connectivity index (χ3v) is 3.31. The first kappa shape index (κ1) is 16.9. The molecule has 1 aromatic rings. The number of methoxy groups -OCH3 is 1.